The average molecular weight is 504 g/mol. The van der Waals surface area contributed by atoms with Gasteiger partial charge in [0.15, 0.2) is 6.61 Å². The van der Waals surface area contributed by atoms with Crippen LogP contribution in [0.3, 0.4) is 0 Å². The normalized spacial score (nSPS) is 13.8. The fourth-order valence-corrected chi connectivity index (χ4v) is 4.02. The molecular weight excluding hydrogens is 490 g/mol. The van der Waals surface area contributed by atoms with Crippen LogP contribution in [-0.2, 0) is 14.3 Å². The number of imide groups is 1. The van der Waals surface area contributed by atoms with Crippen LogP contribution in [0.5, 0.6) is 0 Å². The lowest BCUT2D eigenvalue weighted by Gasteiger charge is -2.20. The summed E-state index contributed by atoms with van der Waals surface area (Å²) in [4.78, 5) is 50.6. The third kappa shape index (κ3) is 4.36. The van der Waals surface area contributed by atoms with Crippen LogP contribution in [0.1, 0.15) is 33.2 Å². The molecule has 0 saturated heterocycles. The Morgan fingerprint density at radius 1 is 1.00 bits per heavy atom. The average Bonchev–Trinajstić information content (AvgIpc) is 2.98. The van der Waals surface area contributed by atoms with E-state index in [1.165, 1.54) is 6.92 Å². The number of rotatable bonds is 5. The zero-order chi connectivity index (χ0) is 23.0. The molecule has 1 N–H and O–H groups in total. The van der Waals surface area contributed by atoms with E-state index < -0.39 is 36.3 Å². The minimum Gasteiger partial charge on any atom is -0.454 e. The molecule has 0 radical (unpaired) electrons. The van der Waals surface area contributed by atoms with Gasteiger partial charge in [-0.05, 0) is 31.5 Å². The van der Waals surface area contributed by atoms with Crippen LogP contribution in [-0.4, -0.2) is 41.2 Å². The standard InChI is InChI=1S/C20H14Cl4N2O5/c1-8-4-3-5-10(6-8)25-11(27)7-31-20(30)9(2)26-18(28)12-13(19(26)29)15(22)17(24)16(23)14(12)21/h3-6,9H,7H2,1-2H3,(H,25,27)/t9-/m0/s1. The van der Waals surface area contributed by atoms with Gasteiger partial charge < -0.3 is 10.1 Å². The molecular formula is C20H14Cl4N2O5. The summed E-state index contributed by atoms with van der Waals surface area (Å²) in [7, 11) is 0. The van der Waals surface area contributed by atoms with Crippen molar-refractivity contribution in [3.63, 3.8) is 0 Å². The molecule has 1 atom stereocenters. The Morgan fingerprint density at radius 2 is 1.55 bits per heavy atom. The number of aryl methyl sites for hydroxylation is 1. The van der Waals surface area contributed by atoms with Gasteiger partial charge in [0.05, 0.1) is 31.2 Å². The first-order valence-corrected chi connectivity index (χ1v) is 10.3. The maximum atomic E-state index is 12.8. The fourth-order valence-electron chi connectivity index (χ4n) is 3.00. The highest BCUT2D eigenvalue weighted by atomic mass is 35.5. The van der Waals surface area contributed by atoms with Gasteiger partial charge in [0, 0.05) is 5.69 Å². The second-order valence-electron chi connectivity index (χ2n) is 6.69. The van der Waals surface area contributed by atoms with Gasteiger partial charge in [-0.15, -0.1) is 0 Å². The number of ether oxygens (including phenoxy) is 1. The summed E-state index contributed by atoms with van der Waals surface area (Å²) < 4.78 is 4.97. The largest absolute Gasteiger partial charge is 0.454 e. The molecule has 0 aliphatic carbocycles. The monoisotopic (exact) mass is 502 g/mol. The number of carbonyl (C=O) groups is 4. The van der Waals surface area contributed by atoms with Gasteiger partial charge in [0.1, 0.15) is 6.04 Å². The summed E-state index contributed by atoms with van der Waals surface area (Å²) in [6, 6.07) is 5.68. The van der Waals surface area contributed by atoms with Crippen molar-refractivity contribution in [2.75, 3.05) is 11.9 Å². The Morgan fingerprint density at radius 3 is 2.06 bits per heavy atom. The number of hydrogen-bond donors (Lipinski definition) is 1. The number of halogens is 4. The van der Waals surface area contributed by atoms with Crippen molar-refractivity contribution in [2.24, 2.45) is 0 Å². The molecule has 2 aromatic carbocycles. The molecule has 7 nitrogen and oxygen atoms in total. The highest BCUT2D eigenvalue weighted by Gasteiger charge is 2.45. The molecule has 2 aromatic rings. The van der Waals surface area contributed by atoms with Crippen LogP contribution >= 0.6 is 46.4 Å². The molecule has 11 heteroatoms. The smallest absolute Gasteiger partial charge is 0.329 e. The van der Waals surface area contributed by atoms with Crippen molar-refractivity contribution >= 4 is 75.8 Å². The first kappa shape index (κ1) is 23.3. The number of amides is 3. The third-order valence-electron chi connectivity index (χ3n) is 4.51. The van der Waals surface area contributed by atoms with E-state index in [2.05, 4.69) is 5.32 Å². The quantitative estimate of drug-likeness (QED) is 0.274. The highest BCUT2D eigenvalue weighted by molar-refractivity contribution is 6.55. The molecule has 162 valence electrons. The van der Waals surface area contributed by atoms with Crippen LogP contribution in [0, 0.1) is 6.92 Å². The van der Waals surface area contributed by atoms with Gasteiger partial charge in [-0.2, -0.15) is 0 Å². The Kier molecular flexibility index (Phi) is 6.81. The Labute approximate surface area is 197 Å². The predicted molar refractivity (Wildman–Crippen MR) is 117 cm³/mol. The molecule has 0 saturated carbocycles. The summed E-state index contributed by atoms with van der Waals surface area (Å²) in [5.41, 5.74) is 0.977. The van der Waals surface area contributed by atoms with E-state index >= 15 is 0 Å². The van der Waals surface area contributed by atoms with Gasteiger partial charge in [-0.3, -0.25) is 19.3 Å². The molecule has 1 aliphatic heterocycles. The number of benzene rings is 2. The van der Waals surface area contributed by atoms with Gasteiger partial charge in [-0.25, -0.2) is 4.79 Å². The zero-order valence-electron chi connectivity index (χ0n) is 16.1. The van der Waals surface area contributed by atoms with Crippen LogP contribution in [0.2, 0.25) is 20.1 Å². The van der Waals surface area contributed by atoms with E-state index in [1.807, 2.05) is 13.0 Å². The first-order valence-electron chi connectivity index (χ1n) is 8.81. The summed E-state index contributed by atoms with van der Waals surface area (Å²) >= 11 is 24.1. The second-order valence-corrected chi connectivity index (χ2v) is 8.20. The molecule has 0 unspecified atom stereocenters. The molecule has 3 amide bonds. The molecule has 1 heterocycles. The molecule has 3 rings (SSSR count). The lowest BCUT2D eigenvalue weighted by atomic mass is 10.1. The Balaban J connectivity index is 1.72. The summed E-state index contributed by atoms with van der Waals surface area (Å²) in [6.07, 6.45) is 0. The molecule has 31 heavy (non-hydrogen) atoms. The molecule has 0 spiro atoms. The molecule has 0 aromatic heterocycles. The summed E-state index contributed by atoms with van der Waals surface area (Å²) in [5.74, 6) is -3.31. The maximum Gasteiger partial charge on any atom is 0.329 e. The van der Waals surface area contributed by atoms with Gasteiger partial charge in [0.2, 0.25) is 0 Å². The van der Waals surface area contributed by atoms with Crippen LogP contribution in [0.25, 0.3) is 0 Å². The van der Waals surface area contributed by atoms with E-state index in [0.717, 1.165) is 5.56 Å². The number of carbonyl (C=O) groups excluding carboxylic acids is 4. The van der Waals surface area contributed by atoms with Crippen LogP contribution in [0.15, 0.2) is 24.3 Å². The van der Waals surface area contributed by atoms with Crippen LogP contribution < -0.4 is 5.32 Å². The van der Waals surface area contributed by atoms with E-state index in [-0.39, 0.29) is 31.2 Å². The molecule has 0 fully saturated rings. The Bertz CT molecular complexity index is 1090. The molecule has 0 bridgehead atoms. The molecule has 1 aliphatic rings. The van der Waals surface area contributed by atoms with Gasteiger partial charge in [0.25, 0.3) is 17.7 Å². The fraction of sp³-hybridized carbons (Fsp3) is 0.200. The minimum absolute atomic E-state index is 0.182. The zero-order valence-corrected chi connectivity index (χ0v) is 19.1. The second kappa shape index (κ2) is 9.04. The van der Waals surface area contributed by atoms with Crippen molar-refractivity contribution in [2.45, 2.75) is 19.9 Å². The number of fused-ring (bicyclic) bond motifs is 1. The van der Waals surface area contributed by atoms with Crippen molar-refractivity contribution in [1.29, 1.82) is 0 Å². The highest BCUT2D eigenvalue weighted by Crippen LogP contribution is 2.45. The van der Waals surface area contributed by atoms with Crippen LogP contribution in [0.4, 0.5) is 5.69 Å². The predicted octanol–water partition coefficient (Wildman–Crippen LogP) is 4.78. The number of nitrogens with one attached hydrogen (secondary N) is 1. The van der Waals surface area contributed by atoms with Crippen molar-refractivity contribution in [3.8, 4) is 0 Å². The van der Waals surface area contributed by atoms with Crippen molar-refractivity contribution < 1.29 is 23.9 Å². The number of nitrogens with zero attached hydrogens (tertiary/aromatic N) is 1. The van der Waals surface area contributed by atoms with E-state index in [1.54, 1.807) is 18.2 Å². The topological polar surface area (TPSA) is 92.8 Å². The van der Waals surface area contributed by atoms with Gasteiger partial charge >= 0.3 is 5.97 Å². The lowest BCUT2D eigenvalue weighted by molar-refractivity contribution is -0.150. The number of esters is 1. The first-order chi connectivity index (χ1) is 14.5. The van der Waals surface area contributed by atoms with E-state index in [0.29, 0.717) is 10.6 Å². The van der Waals surface area contributed by atoms with E-state index in [9.17, 15) is 19.2 Å². The minimum atomic E-state index is -1.36. The van der Waals surface area contributed by atoms with Crippen molar-refractivity contribution in [1.82, 2.24) is 4.90 Å². The van der Waals surface area contributed by atoms with E-state index in [4.69, 9.17) is 51.1 Å². The third-order valence-corrected chi connectivity index (χ3v) is 6.31. The summed E-state index contributed by atoms with van der Waals surface area (Å²) in [6.45, 7) is 2.52. The lowest BCUT2D eigenvalue weighted by Crippen LogP contribution is -2.44. The number of anilines is 1. The number of hydrogen-bond acceptors (Lipinski definition) is 5. The van der Waals surface area contributed by atoms with Crippen molar-refractivity contribution in [3.05, 3.63) is 61.0 Å². The summed E-state index contributed by atoms with van der Waals surface area (Å²) in [5, 5.41) is 1.72. The maximum absolute atomic E-state index is 12.8. The SMILES string of the molecule is Cc1cccc(NC(=O)COC(=O)[C@H](C)N2C(=O)c3c(Cl)c(Cl)c(Cl)c(Cl)c3C2=O)c1. The van der Waals surface area contributed by atoms with Gasteiger partial charge in [-0.1, -0.05) is 58.5 Å². The Hall–Kier alpha value is -2.32.